The molecule has 0 aliphatic heterocycles. The second kappa shape index (κ2) is 6.01. The molecule has 2 aromatic rings. The Morgan fingerprint density at radius 3 is 2.58 bits per heavy atom. The van der Waals surface area contributed by atoms with Gasteiger partial charge in [0.2, 0.25) is 0 Å². The Bertz CT molecular complexity index is 598. The van der Waals surface area contributed by atoms with E-state index in [0.717, 1.165) is 5.56 Å². The third-order valence-corrected chi connectivity index (χ3v) is 2.94. The number of allylic oxidation sites excluding steroid dienone is 2. The minimum absolute atomic E-state index is 0.0138. The van der Waals surface area contributed by atoms with Crippen LogP contribution in [0.1, 0.15) is 28.4 Å². The highest BCUT2D eigenvalue weighted by Gasteiger charge is 2.13. The Morgan fingerprint density at radius 2 is 1.89 bits per heavy atom. The molecule has 0 bridgehead atoms. The summed E-state index contributed by atoms with van der Waals surface area (Å²) in [6.45, 7) is 1.93. The number of benzene rings is 2. The van der Waals surface area contributed by atoms with Crippen molar-refractivity contribution in [3.63, 3.8) is 0 Å². The number of phenols is 1. The van der Waals surface area contributed by atoms with Gasteiger partial charge in [0.25, 0.3) is 0 Å². The van der Waals surface area contributed by atoms with Gasteiger partial charge in [-0.15, -0.1) is 0 Å². The van der Waals surface area contributed by atoms with Crippen LogP contribution >= 0.6 is 0 Å². The first-order valence-corrected chi connectivity index (χ1v) is 6.25. The lowest BCUT2D eigenvalue weighted by molar-refractivity contribution is 0.103. The summed E-state index contributed by atoms with van der Waals surface area (Å²) in [6, 6.07) is 14.1. The number of rotatable bonds is 4. The summed E-state index contributed by atoms with van der Waals surface area (Å²) >= 11 is 0. The molecule has 1 N–H and O–H groups in total. The zero-order valence-corrected chi connectivity index (χ0v) is 10.8. The SMILES string of the molecule is C/C=C/Cc1cc(O)ccc1C(=O)c1ccccc1. The van der Waals surface area contributed by atoms with Gasteiger partial charge in [0.05, 0.1) is 0 Å². The van der Waals surface area contributed by atoms with E-state index < -0.39 is 0 Å². The number of hydrogen-bond donors (Lipinski definition) is 1. The van der Waals surface area contributed by atoms with Gasteiger partial charge >= 0.3 is 0 Å². The standard InChI is InChI=1S/C17H16O2/c1-2-3-7-14-12-15(18)10-11-16(14)17(19)13-8-5-4-6-9-13/h2-6,8-12,18H,7H2,1H3/b3-2+. The van der Waals surface area contributed by atoms with E-state index in [4.69, 9.17) is 0 Å². The number of hydrogen-bond acceptors (Lipinski definition) is 2. The fourth-order valence-corrected chi connectivity index (χ4v) is 1.96. The topological polar surface area (TPSA) is 37.3 Å². The van der Waals surface area contributed by atoms with Crippen LogP contribution < -0.4 is 0 Å². The number of ketones is 1. The molecule has 0 amide bonds. The summed E-state index contributed by atoms with van der Waals surface area (Å²) in [7, 11) is 0. The van der Waals surface area contributed by atoms with Gasteiger partial charge < -0.3 is 5.11 Å². The van der Waals surface area contributed by atoms with Crippen molar-refractivity contribution >= 4 is 5.78 Å². The maximum Gasteiger partial charge on any atom is 0.193 e. The molecule has 2 nitrogen and oxygen atoms in total. The Morgan fingerprint density at radius 1 is 1.16 bits per heavy atom. The van der Waals surface area contributed by atoms with Gasteiger partial charge in [-0.2, -0.15) is 0 Å². The van der Waals surface area contributed by atoms with E-state index in [1.54, 1.807) is 30.3 Å². The molecule has 0 radical (unpaired) electrons. The molecular formula is C17H16O2. The molecule has 0 heterocycles. The molecule has 2 heteroatoms. The van der Waals surface area contributed by atoms with Crippen LogP contribution in [0, 0.1) is 0 Å². The Balaban J connectivity index is 2.41. The van der Waals surface area contributed by atoms with Crippen molar-refractivity contribution in [1.82, 2.24) is 0 Å². The van der Waals surface area contributed by atoms with Crippen molar-refractivity contribution in [1.29, 1.82) is 0 Å². The quantitative estimate of drug-likeness (QED) is 0.664. The highest BCUT2D eigenvalue weighted by Crippen LogP contribution is 2.20. The monoisotopic (exact) mass is 252 g/mol. The average molecular weight is 252 g/mol. The van der Waals surface area contributed by atoms with Gasteiger partial charge in [0.15, 0.2) is 5.78 Å². The Labute approximate surface area is 113 Å². The summed E-state index contributed by atoms with van der Waals surface area (Å²) in [5.41, 5.74) is 2.14. The fraction of sp³-hybridized carbons (Fsp3) is 0.118. The number of phenolic OH excluding ortho intramolecular Hbond substituents is 1. The van der Waals surface area contributed by atoms with E-state index in [2.05, 4.69) is 0 Å². The van der Waals surface area contributed by atoms with Gasteiger partial charge in [-0.1, -0.05) is 42.5 Å². The van der Waals surface area contributed by atoms with E-state index in [0.29, 0.717) is 17.5 Å². The lowest BCUT2D eigenvalue weighted by Crippen LogP contribution is -2.05. The molecule has 0 aromatic heterocycles. The molecule has 19 heavy (non-hydrogen) atoms. The number of aromatic hydroxyl groups is 1. The normalized spacial score (nSPS) is 10.8. The van der Waals surface area contributed by atoms with Crippen molar-refractivity contribution in [3.05, 3.63) is 77.4 Å². The van der Waals surface area contributed by atoms with Crippen LogP contribution in [-0.2, 0) is 6.42 Å². The molecule has 0 saturated carbocycles. The van der Waals surface area contributed by atoms with Gasteiger partial charge in [0, 0.05) is 11.1 Å². The lowest BCUT2D eigenvalue weighted by Gasteiger charge is -2.08. The van der Waals surface area contributed by atoms with Crippen LogP contribution in [0.25, 0.3) is 0 Å². The third-order valence-electron chi connectivity index (χ3n) is 2.94. The minimum Gasteiger partial charge on any atom is -0.508 e. The van der Waals surface area contributed by atoms with Gasteiger partial charge in [-0.3, -0.25) is 4.79 Å². The summed E-state index contributed by atoms with van der Waals surface area (Å²) < 4.78 is 0. The highest BCUT2D eigenvalue weighted by atomic mass is 16.3. The lowest BCUT2D eigenvalue weighted by atomic mass is 9.96. The van der Waals surface area contributed by atoms with Crippen LogP contribution in [-0.4, -0.2) is 10.9 Å². The van der Waals surface area contributed by atoms with Crippen LogP contribution in [0.15, 0.2) is 60.7 Å². The molecule has 2 aromatic carbocycles. The smallest absolute Gasteiger partial charge is 0.193 e. The molecule has 0 aliphatic rings. The van der Waals surface area contributed by atoms with E-state index in [1.807, 2.05) is 37.3 Å². The number of carbonyl (C=O) groups excluding carboxylic acids is 1. The first kappa shape index (κ1) is 13.1. The van der Waals surface area contributed by atoms with Crippen LogP contribution in [0.3, 0.4) is 0 Å². The minimum atomic E-state index is -0.0138. The van der Waals surface area contributed by atoms with Crippen molar-refractivity contribution in [3.8, 4) is 5.75 Å². The maximum absolute atomic E-state index is 12.4. The zero-order chi connectivity index (χ0) is 13.7. The molecule has 0 fully saturated rings. The Hall–Kier alpha value is -2.35. The van der Waals surface area contributed by atoms with E-state index >= 15 is 0 Å². The van der Waals surface area contributed by atoms with E-state index in [1.165, 1.54) is 0 Å². The fourth-order valence-electron chi connectivity index (χ4n) is 1.96. The molecule has 0 atom stereocenters. The predicted octanol–water partition coefficient (Wildman–Crippen LogP) is 3.74. The van der Waals surface area contributed by atoms with Crippen LogP contribution in [0.2, 0.25) is 0 Å². The van der Waals surface area contributed by atoms with Crippen molar-refractivity contribution in [2.75, 3.05) is 0 Å². The van der Waals surface area contributed by atoms with Crippen LogP contribution in [0.4, 0.5) is 0 Å². The molecule has 0 unspecified atom stereocenters. The van der Waals surface area contributed by atoms with Gasteiger partial charge in [0.1, 0.15) is 5.75 Å². The molecule has 2 rings (SSSR count). The third kappa shape index (κ3) is 3.10. The van der Waals surface area contributed by atoms with Crippen molar-refractivity contribution < 1.29 is 9.90 Å². The van der Waals surface area contributed by atoms with Crippen LogP contribution in [0.5, 0.6) is 5.75 Å². The summed E-state index contributed by atoms with van der Waals surface area (Å²) in [6.07, 6.45) is 4.54. The van der Waals surface area contributed by atoms with Gasteiger partial charge in [-0.05, 0) is 37.1 Å². The zero-order valence-electron chi connectivity index (χ0n) is 10.8. The molecule has 0 spiro atoms. The molecule has 0 aliphatic carbocycles. The maximum atomic E-state index is 12.4. The average Bonchev–Trinajstić information content (AvgIpc) is 2.45. The highest BCUT2D eigenvalue weighted by molar-refractivity contribution is 6.10. The van der Waals surface area contributed by atoms with E-state index in [-0.39, 0.29) is 11.5 Å². The first-order chi connectivity index (χ1) is 9.22. The predicted molar refractivity (Wildman–Crippen MR) is 76.5 cm³/mol. The summed E-state index contributed by atoms with van der Waals surface area (Å²) in [5.74, 6) is 0.171. The molecule has 96 valence electrons. The molecule has 0 saturated heterocycles. The molecular weight excluding hydrogens is 236 g/mol. The second-order valence-corrected chi connectivity index (χ2v) is 4.31. The van der Waals surface area contributed by atoms with Crippen molar-refractivity contribution in [2.45, 2.75) is 13.3 Å². The van der Waals surface area contributed by atoms with Crippen molar-refractivity contribution in [2.24, 2.45) is 0 Å². The summed E-state index contributed by atoms with van der Waals surface area (Å²) in [4.78, 5) is 12.4. The van der Waals surface area contributed by atoms with Gasteiger partial charge in [-0.25, -0.2) is 0 Å². The second-order valence-electron chi connectivity index (χ2n) is 4.31. The largest absolute Gasteiger partial charge is 0.508 e. The first-order valence-electron chi connectivity index (χ1n) is 6.25. The number of carbonyl (C=O) groups is 1. The Kier molecular flexibility index (Phi) is 4.14. The summed E-state index contributed by atoms with van der Waals surface area (Å²) in [5, 5.41) is 9.55. The van der Waals surface area contributed by atoms with E-state index in [9.17, 15) is 9.90 Å².